The summed E-state index contributed by atoms with van der Waals surface area (Å²) in [6, 6.07) is 0. The van der Waals surface area contributed by atoms with E-state index in [1.54, 1.807) is 0 Å². The van der Waals surface area contributed by atoms with Crippen LogP contribution in [-0.2, 0) is 4.79 Å². The zero-order chi connectivity index (χ0) is 5.86. The van der Waals surface area contributed by atoms with Gasteiger partial charge in [0.05, 0.1) is 0 Å². The summed E-state index contributed by atoms with van der Waals surface area (Å²) in [6.45, 7) is 2.70. The van der Waals surface area contributed by atoms with E-state index in [1.165, 1.54) is 13.8 Å². The van der Waals surface area contributed by atoms with Crippen LogP contribution in [0.15, 0.2) is 11.8 Å². The van der Waals surface area contributed by atoms with Gasteiger partial charge >= 0.3 is 48.9 Å². The van der Waals surface area contributed by atoms with E-state index in [0.717, 1.165) is 6.08 Å². The van der Waals surface area contributed by atoms with Gasteiger partial charge in [-0.2, -0.15) is 0 Å². The van der Waals surface area contributed by atoms with Gasteiger partial charge in [0, 0.05) is 0 Å². The number of ketones is 1. The molecular weight excluding hydrogens is 229 g/mol. The first-order valence-electron chi connectivity index (χ1n) is 1.99. The average Bonchev–Trinajstić information content (AvgIpc) is 1.27. The van der Waals surface area contributed by atoms with Crippen molar-refractivity contribution in [2.75, 3.05) is 0 Å². The molecule has 8 heavy (non-hydrogen) atoms. The first kappa shape index (κ1) is 11.6. The van der Waals surface area contributed by atoms with Crippen LogP contribution in [0.3, 0.4) is 0 Å². The van der Waals surface area contributed by atoms with Crippen LogP contribution in [0.4, 0.5) is 0 Å². The molecule has 0 aliphatic rings. The summed E-state index contributed by atoms with van der Waals surface area (Å²) in [4.78, 5) is 9.98. The minimum Gasteiger partial charge on any atom is -0.876 e. The van der Waals surface area contributed by atoms with E-state index in [2.05, 4.69) is 0 Å². The second-order valence-corrected chi connectivity index (χ2v) is 1.37. The molecule has 0 aromatic carbocycles. The van der Waals surface area contributed by atoms with Gasteiger partial charge in [0.1, 0.15) is 0 Å². The van der Waals surface area contributed by atoms with E-state index in [4.69, 9.17) is 0 Å². The first-order chi connectivity index (χ1) is 3.13. The van der Waals surface area contributed by atoms with E-state index in [0.29, 0.717) is 0 Å². The molecule has 0 fully saturated rings. The third-order valence-corrected chi connectivity index (χ3v) is 0.407. The molecule has 0 bridgehead atoms. The maximum atomic E-state index is 9.98. The molecular formula is C5H7BaO2+. The van der Waals surface area contributed by atoms with E-state index in [9.17, 15) is 9.90 Å². The van der Waals surface area contributed by atoms with Crippen molar-refractivity contribution in [3.63, 3.8) is 0 Å². The van der Waals surface area contributed by atoms with Gasteiger partial charge in [0.15, 0.2) is 5.78 Å². The van der Waals surface area contributed by atoms with Gasteiger partial charge in [-0.05, 0) is 13.0 Å². The van der Waals surface area contributed by atoms with Crippen molar-refractivity contribution in [2.24, 2.45) is 0 Å². The molecule has 0 spiro atoms. The Bertz CT molecular complexity index is 103. The quantitative estimate of drug-likeness (QED) is 0.348. The van der Waals surface area contributed by atoms with Gasteiger partial charge in [-0.25, -0.2) is 0 Å². The van der Waals surface area contributed by atoms with Crippen LogP contribution in [0.1, 0.15) is 13.8 Å². The third-order valence-electron chi connectivity index (χ3n) is 0.407. The molecule has 0 saturated carbocycles. The van der Waals surface area contributed by atoms with Crippen molar-refractivity contribution in [3.05, 3.63) is 11.8 Å². The Hall–Kier alpha value is 0.781. The van der Waals surface area contributed by atoms with Gasteiger partial charge in [-0.3, -0.25) is 4.79 Å². The molecule has 0 radical (unpaired) electrons. The fourth-order valence-corrected chi connectivity index (χ4v) is 0.286. The largest absolute Gasteiger partial charge is 2.00 e. The molecule has 0 aromatic heterocycles. The molecule has 40 valence electrons. The number of allylic oxidation sites excluding steroid dienone is 2. The Balaban J connectivity index is 0. The number of rotatable bonds is 1. The average molecular weight is 236 g/mol. The summed E-state index contributed by atoms with van der Waals surface area (Å²) >= 11 is 0. The van der Waals surface area contributed by atoms with Gasteiger partial charge in [-0.15, -0.1) is 5.76 Å². The molecule has 0 aliphatic heterocycles. The normalized spacial score (nSPS) is 10.0. The topological polar surface area (TPSA) is 40.1 Å². The SMILES string of the molecule is CC(=O)C=C(C)[O-].[Ba+2]. The van der Waals surface area contributed by atoms with Crippen molar-refractivity contribution in [1.82, 2.24) is 0 Å². The van der Waals surface area contributed by atoms with Crippen LogP contribution in [-0.4, -0.2) is 54.7 Å². The Labute approximate surface area is 89.0 Å². The van der Waals surface area contributed by atoms with Crippen LogP contribution in [0.5, 0.6) is 0 Å². The minimum absolute atomic E-state index is 0. The van der Waals surface area contributed by atoms with Crippen LogP contribution >= 0.6 is 0 Å². The summed E-state index contributed by atoms with van der Waals surface area (Å²) < 4.78 is 0. The van der Waals surface area contributed by atoms with Crippen molar-refractivity contribution < 1.29 is 9.90 Å². The smallest absolute Gasteiger partial charge is 0.876 e. The molecule has 0 unspecified atom stereocenters. The molecule has 0 heterocycles. The summed E-state index contributed by atoms with van der Waals surface area (Å²) in [7, 11) is 0. The van der Waals surface area contributed by atoms with Gasteiger partial charge < -0.3 is 5.11 Å². The molecule has 3 heteroatoms. The molecule has 0 saturated heterocycles. The van der Waals surface area contributed by atoms with E-state index in [1.807, 2.05) is 0 Å². The van der Waals surface area contributed by atoms with E-state index < -0.39 is 0 Å². The first-order valence-corrected chi connectivity index (χ1v) is 1.99. The zero-order valence-electron chi connectivity index (χ0n) is 5.10. The van der Waals surface area contributed by atoms with Crippen LogP contribution < -0.4 is 5.11 Å². The number of hydrogen-bond acceptors (Lipinski definition) is 2. The predicted octanol–water partition coefficient (Wildman–Crippen LogP) is -0.541. The minimum atomic E-state index is -0.187. The maximum Gasteiger partial charge on any atom is 2.00 e. The second kappa shape index (κ2) is 5.91. The molecule has 0 atom stereocenters. The van der Waals surface area contributed by atoms with E-state index in [-0.39, 0.29) is 60.4 Å². The molecule has 0 amide bonds. The van der Waals surface area contributed by atoms with Crippen molar-refractivity contribution in [3.8, 4) is 0 Å². The van der Waals surface area contributed by atoms with E-state index >= 15 is 0 Å². The van der Waals surface area contributed by atoms with Crippen LogP contribution in [0.2, 0.25) is 0 Å². The summed E-state index contributed by atoms with van der Waals surface area (Å²) in [5, 5.41) is 9.98. The van der Waals surface area contributed by atoms with Gasteiger partial charge in [-0.1, -0.05) is 6.92 Å². The zero-order valence-corrected chi connectivity index (χ0v) is 9.54. The molecule has 0 N–H and O–H groups in total. The summed E-state index contributed by atoms with van der Waals surface area (Å²) in [6.07, 6.45) is 1.06. The number of hydrogen-bond donors (Lipinski definition) is 0. The fourth-order valence-electron chi connectivity index (χ4n) is 0.286. The maximum absolute atomic E-state index is 9.98. The number of carbonyl (C=O) groups is 1. The number of carbonyl (C=O) groups excluding carboxylic acids is 1. The van der Waals surface area contributed by atoms with Crippen LogP contribution in [0, 0.1) is 0 Å². The monoisotopic (exact) mass is 237 g/mol. The Morgan fingerprint density at radius 2 is 1.88 bits per heavy atom. The summed E-state index contributed by atoms with van der Waals surface area (Å²) in [5.74, 6) is -0.375. The third kappa shape index (κ3) is 9.91. The predicted molar refractivity (Wildman–Crippen MR) is 30.2 cm³/mol. The molecule has 0 aliphatic carbocycles. The van der Waals surface area contributed by atoms with Gasteiger partial charge in [0.2, 0.25) is 0 Å². The standard InChI is InChI=1S/C5H8O2.Ba/c1-4(6)3-5(2)7;/h3,6H,1-2H3;/q;+2/p-1. The second-order valence-electron chi connectivity index (χ2n) is 1.37. The summed E-state index contributed by atoms with van der Waals surface area (Å²) in [5.41, 5.74) is 0. The van der Waals surface area contributed by atoms with Crippen molar-refractivity contribution >= 4 is 54.7 Å². The Morgan fingerprint density at radius 1 is 1.50 bits per heavy atom. The molecule has 0 aromatic rings. The molecule has 2 nitrogen and oxygen atoms in total. The molecule has 0 rings (SSSR count). The van der Waals surface area contributed by atoms with Crippen LogP contribution in [0.25, 0.3) is 0 Å². The fraction of sp³-hybridized carbons (Fsp3) is 0.400. The van der Waals surface area contributed by atoms with Crippen molar-refractivity contribution in [2.45, 2.75) is 13.8 Å². The Kier molecular flexibility index (Phi) is 8.54. The van der Waals surface area contributed by atoms with Crippen molar-refractivity contribution in [1.29, 1.82) is 0 Å². The van der Waals surface area contributed by atoms with Gasteiger partial charge in [0.25, 0.3) is 0 Å². The Morgan fingerprint density at radius 3 is 1.88 bits per heavy atom.